The zero-order valence-corrected chi connectivity index (χ0v) is 16.4. The predicted molar refractivity (Wildman–Crippen MR) is 103 cm³/mol. The minimum Gasteiger partial charge on any atom is -0.377 e. The third-order valence-electron chi connectivity index (χ3n) is 3.97. The van der Waals surface area contributed by atoms with Gasteiger partial charge in [-0.25, -0.2) is 0 Å². The maximum Gasteiger partial charge on any atom is 0.291 e. The van der Waals surface area contributed by atoms with Gasteiger partial charge in [-0.3, -0.25) is 4.79 Å². The van der Waals surface area contributed by atoms with Gasteiger partial charge in [-0.1, -0.05) is 40.0 Å². The van der Waals surface area contributed by atoms with E-state index in [0.29, 0.717) is 16.4 Å². The first-order chi connectivity index (χ1) is 12.3. The van der Waals surface area contributed by atoms with Gasteiger partial charge in [-0.05, 0) is 39.0 Å². The van der Waals surface area contributed by atoms with Crippen LogP contribution in [0.15, 0.2) is 33.7 Å². The normalized spacial score (nSPS) is 12.2. The number of hydrogen-bond donors (Lipinski definition) is 1. The van der Waals surface area contributed by atoms with E-state index in [-0.39, 0.29) is 16.1 Å². The van der Waals surface area contributed by atoms with Gasteiger partial charge in [0.05, 0.1) is 39.4 Å². The molecule has 0 fully saturated rings. The number of aromatic nitrogens is 3. The largest absolute Gasteiger partial charge is 0.377 e. The minimum atomic E-state index is -0.514. The van der Waals surface area contributed by atoms with Crippen LogP contribution in [-0.2, 0) is 0 Å². The first-order valence-electron chi connectivity index (χ1n) is 7.72. The molecule has 1 N–H and O–H groups in total. The van der Waals surface area contributed by atoms with Gasteiger partial charge in [-0.2, -0.15) is 9.78 Å². The lowest BCUT2D eigenvalue weighted by Gasteiger charge is -2.17. The van der Waals surface area contributed by atoms with Crippen molar-refractivity contribution in [3.05, 3.63) is 66.8 Å². The zero-order valence-electron chi connectivity index (χ0n) is 14.2. The Labute approximate surface area is 164 Å². The molecule has 0 amide bonds. The molecule has 3 aromatic rings. The quantitative estimate of drug-likeness (QED) is 0.653. The van der Waals surface area contributed by atoms with Crippen LogP contribution in [0.1, 0.15) is 30.0 Å². The number of nitrogens with one attached hydrogen (secondary N) is 1. The van der Waals surface area contributed by atoms with E-state index in [1.807, 2.05) is 20.8 Å². The standard InChI is InChI=1S/C17H15Cl3N4O2/c1-8(15-9(2)23-26-10(15)3)22-14-5-4-11(6-12(14)18)24-17(25)16(20)13(19)7-21-24/h4-8,22H,1-3H3. The lowest BCUT2D eigenvalue weighted by atomic mass is 10.1. The van der Waals surface area contributed by atoms with Crippen molar-refractivity contribution in [3.63, 3.8) is 0 Å². The van der Waals surface area contributed by atoms with E-state index in [1.54, 1.807) is 18.2 Å². The van der Waals surface area contributed by atoms with E-state index in [9.17, 15) is 4.79 Å². The SMILES string of the molecule is Cc1noc(C)c1C(C)Nc1ccc(-n2ncc(Cl)c(Cl)c2=O)cc1Cl. The van der Waals surface area contributed by atoms with Crippen molar-refractivity contribution in [2.45, 2.75) is 26.8 Å². The summed E-state index contributed by atoms with van der Waals surface area (Å²) in [6.45, 7) is 5.74. The molecule has 0 radical (unpaired) electrons. The van der Waals surface area contributed by atoms with Gasteiger partial charge in [0.2, 0.25) is 0 Å². The molecule has 1 unspecified atom stereocenters. The summed E-state index contributed by atoms with van der Waals surface area (Å²) in [7, 11) is 0. The van der Waals surface area contributed by atoms with Crippen molar-refractivity contribution >= 4 is 40.5 Å². The molecule has 1 atom stereocenters. The van der Waals surface area contributed by atoms with E-state index in [2.05, 4.69) is 15.6 Å². The molecule has 2 aromatic heterocycles. The Morgan fingerprint density at radius 2 is 1.92 bits per heavy atom. The fourth-order valence-corrected chi connectivity index (χ4v) is 3.25. The van der Waals surface area contributed by atoms with Crippen LogP contribution in [0.2, 0.25) is 15.1 Å². The van der Waals surface area contributed by atoms with Gasteiger partial charge in [-0.15, -0.1) is 0 Å². The summed E-state index contributed by atoms with van der Waals surface area (Å²) in [4.78, 5) is 12.2. The first kappa shape index (κ1) is 18.8. The number of rotatable bonds is 4. The Hall–Kier alpha value is -2.02. The number of halogens is 3. The van der Waals surface area contributed by atoms with Crippen LogP contribution in [0.3, 0.4) is 0 Å². The maximum absolute atomic E-state index is 12.2. The number of benzene rings is 1. The Bertz CT molecular complexity index is 1010. The van der Waals surface area contributed by atoms with Crippen LogP contribution in [0, 0.1) is 13.8 Å². The zero-order chi connectivity index (χ0) is 19.0. The van der Waals surface area contributed by atoms with Crippen LogP contribution >= 0.6 is 34.8 Å². The molecule has 0 saturated carbocycles. The van der Waals surface area contributed by atoms with Crippen LogP contribution in [0.5, 0.6) is 0 Å². The van der Waals surface area contributed by atoms with E-state index in [4.69, 9.17) is 39.3 Å². The van der Waals surface area contributed by atoms with Crippen LogP contribution in [-0.4, -0.2) is 14.9 Å². The van der Waals surface area contributed by atoms with Crippen molar-refractivity contribution in [2.24, 2.45) is 0 Å². The van der Waals surface area contributed by atoms with Gasteiger partial charge in [0.1, 0.15) is 10.8 Å². The average Bonchev–Trinajstić information content (AvgIpc) is 2.93. The third-order valence-corrected chi connectivity index (χ3v) is 5.03. The highest BCUT2D eigenvalue weighted by Gasteiger charge is 2.17. The Morgan fingerprint density at radius 3 is 2.54 bits per heavy atom. The highest BCUT2D eigenvalue weighted by atomic mass is 35.5. The molecule has 2 heterocycles. The smallest absolute Gasteiger partial charge is 0.291 e. The first-order valence-corrected chi connectivity index (χ1v) is 8.85. The highest BCUT2D eigenvalue weighted by molar-refractivity contribution is 6.41. The Balaban J connectivity index is 1.91. The molecular formula is C17H15Cl3N4O2. The molecule has 0 spiro atoms. The number of anilines is 1. The molecule has 0 bridgehead atoms. The Kier molecular flexibility index (Phi) is 5.27. The van der Waals surface area contributed by atoms with Crippen molar-refractivity contribution in [3.8, 4) is 5.69 Å². The second kappa shape index (κ2) is 7.31. The second-order valence-electron chi connectivity index (χ2n) is 5.79. The number of aryl methyl sites for hydroxylation is 2. The summed E-state index contributed by atoms with van der Waals surface area (Å²) < 4.78 is 6.34. The maximum atomic E-state index is 12.2. The summed E-state index contributed by atoms with van der Waals surface area (Å²) in [6.07, 6.45) is 1.31. The van der Waals surface area contributed by atoms with Crippen molar-refractivity contribution in [2.75, 3.05) is 5.32 Å². The van der Waals surface area contributed by atoms with Crippen LogP contribution in [0.25, 0.3) is 5.69 Å². The minimum absolute atomic E-state index is 0.0598. The van der Waals surface area contributed by atoms with Crippen molar-refractivity contribution in [1.82, 2.24) is 14.9 Å². The lowest BCUT2D eigenvalue weighted by Crippen LogP contribution is -2.21. The van der Waals surface area contributed by atoms with E-state index >= 15 is 0 Å². The molecule has 26 heavy (non-hydrogen) atoms. The van der Waals surface area contributed by atoms with Gasteiger partial charge in [0, 0.05) is 5.56 Å². The molecule has 0 saturated heterocycles. The fraction of sp³-hybridized carbons (Fsp3) is 0.235. The molecule has 0 aliphatic heterocycles. The Morgan fingerprint density at radius 1 is 1.19 bits per heavy atom. The third kappa shape index (κ3) is 3.45. The van der Waals surface area contributed by atoms with E-state index < -0.39 is 5.56 Å². The van der Waals surface area contributed by atoms with Crippen LogP contribution < -0.4 is 10.9 Å². The summed E-state index contributed by atoms with van der Waals surface area (Å²) in [5, 5.41) is 11.7. The molecule has 0 aliphatic rings. The molecule has 6 nitrogen and oxygen atoms in total. The lowest BCUT2D eigenvalue weighted by molar-refractivity contribution is 0.392. The highest BCUT2D eigenvalue weighted by Crippen LogP contribution is 2.30. The summed E-state index contributed by atoms with van der Waals surface area (Å²) in [5.74, 6) is 0.752. The molecule has 1 aromatic carbocycles. The summed E-state index contributed by atoms with van der Waals surface area (Å²) in [6, 6.07) is 5.05. The van der Waals surface area contributed by atoms with Gasteiger partial charge in [0.25, 0.3) is 5.56 Å². The molecule has 9 heteroatoms. The molecule has 136 valence electrons. The van der Waals surface area contributed by atoms with E-state index in [1.165, 1.54) is 6.20 Å². The number of hydrogen-bond acceptors (Lipinski definition) is 5. The van der Waals surface area contributed by atoms with Gasteiger partial charge < -0.3 is 9.84 Å². The predicted octanol–water partition coefficient (Wildman–Crippen LogP) is 4.97. The summed E-state index contributed by atoms with van der Waals surface area (Å²) >= 11 is 18.1. The van der Waals surface area contributed by atoms with Crippen molar-refractivity contribution in [1.29, 1.82) is 0 Å². The second-order valence-corrected chi connectivity index (χ2v) is 6.98. The summed E-state index contributed by atoms with van der Waals surface area (Å²) in [5.41, 5.74) is 2.47. The van der Waals surface area contributed by atoms with E-state index in [0.717, 1.165) is 21.7 Å². The molecule has 0 aliphatic carbocycles. The van der Waals surface area contributed by atoms with Gasteiger partial charge in [0.15, 0.2) is 0 Å². The molecular weight excluding hydrogens is 399 g/mol. The fourth-order valence-electron chi connectivity index (χ4n) is 2.76. The van der Waals surface area contributed by atoms with Crippen LogP contribution in [0.4, 0.5) is 5.69 Å². The number of nitrogens with zero attached hydrogens (tertiary/aromatic N) is 3. The van der Waals surface area contributed by atoms with Gasteiger partial charge >= 0.3 is 0 Å². The average molecular weight is 414 g/mol. The van der Waals surface area contributed by atoms with Crippen molar-refractivity contribution < 1.29 is 4.52 Å². The monoisotopic (exact) mass is 412 g/mol. The molecule has 3 rings (SSSR count). The topological polar surface area (TPSA) is 73.0 Å².